The van der Waals surface area contributed by atoms with Crippen molar-refractivity contribution in [2.24, 2.45) is 5.92 Å². The van der Waals surface area contributed by atoms with E-state index in [9.17, 15) is 15.2 Å². The molecule has 1 aromatic rings. The average molecular weight is 266 g/mol. The summed E-state index contributed by atoms with van der Waals surface area (Å²) in [5, 5.41) is 24.1. The summed E-state index contributed by atoms with van der Waals surface area (Å²) in [6.07, 6.45) is 0.639. The zero-order chi connectivity index (χ0) is 14.6. The van der Waals surface area contributed by atoms with E-state index in [1.54, 1.807) is 19.1 Å². The van der Waals surface area contributed by atoms with Gasteiger partial charge in [0.15, 0.2) is 0 Å². The predicted molar refractivity (Wildman–Crippen MR) is 76.4 cm³/mol. The normalized spacial score (nSPS) is 14.2. The number of rotatable bonds is 6. The maximum atomic E-state index is 10.9. The molecule has 0 bridgehead atoms. The Labute approximate surface area is 113 Å². The van der Waals surface area contributed by atoms with E-state index in [-0.39, 0.29) is 12.2 Å². The SMILES string of the molecule is Cc1ccc([N+](=O)[O-])c(NCC(C)(O)CC(C)C)c1. The van der Waals surface area contributed by atoms with Gasteiger partial charge in [-0.05, 0) is 37.8 Å². The van der Waals surface area contributed by atoms with Crippen molar-refractivity contribution in [3.8, 4) is 0 Å². The lowest BCUT2D eigenvalue weighted by Gasteiger charge is -2.26. The first-order valence-corrected chi connectivity index (χ1v) is 6.42. The van der Waals surface area contributed by atoms with Crippen LogP contribution in [0.2, 0.25) is 0 Å². The van der Waals surface area contributed by atoms with Crippen LogP contribution in [-0.4, -0.2) is 22.2 Å². The Morgan fingerprint density at radius 2 is 2.11 bits per heavy atom. The maximum absolute atomic E-state index is 10.9. The molecule has 0 saturated carbocycles. The molecule has 1 aromatic carbocycles. The molecular formula is C14H22N2O3. The van der Waals surface area contributed by atoms with Gasteiger partial charge in [-0.25, -0.2) is 0 Å². The molecule has 0 spiro atoms. The summed E-state index contributed by atoms with van der Waals surface area (Å²) in [5.41, 5.74) is 0.544. The monoisotopic (exact) mass is 266 g/mol. The third kappa shape index (κ3) is 4.87. The van der Waals surface area contributed by atoms with Crippen LogP contribution in [0.4, 0.5) is 11.4 Å². The van der Waals surface area contributed by atoms with Crippen LogP contribution in [0.25, 0.3) is 0 Å². The number of aryl methyl sites for hydroxylation is 1. The summed E-state index contributed by atoms with van der Waals surface area (Å²) in [4.78, 5) is 10.5. The van der Waals surface area contributed by atoms with Crippen molar-refractivity contribution < 1.29 is 10.0 Å². The van der Waals surface area contributed by atoms with E-state index < -0.39 is 10.5 Å². The third-order valence-corrected chi connectivity index (χ3v) is 2.86. The molecule has 1 unspecified atom stereocenters. The van der Waals surface area contributed by atoms with Gasteiger partial charge >= 0.3 is 0 Å². The molecule has 0 aliphatic heterocycles. The topological polar surface area (TPSA) is 75.4 Å². The van der Waals surface area contributed by atoms with E-state index in [1.807, 2.05) is 20.8 Å². The highest BCUT2D eigenvalue weighted by molar-refractivity contribution is 5.62. The van der Waals surface area contributed by atoms with Crippen molar-refractivity contribution in [2.75, 3.05) is 11.9 Å². The number of nitro benzene ring substituents is 1. The molecule has 0 fully saturated rings. The number of hydrogen-bond donors (Lipinski definition) is 2. The molecule has 0 aliphatic rings. The van der Waals surface area contributed by atoms with E-state index in [0.717, 1.165) is 5.56 Å². The highest BCUT2D eigenvalue weighted by atomic mass is 16.6. The van der Waals surface area contributed by atoms with Crippen LogP contribution in [0.5, 0.6) is 0 Å². The highest BCUT2D eigenvalue weighted by Gasteiger charge is 2.23. The number of nitro groups is 1. The van der Waals surface area contributed by atoms with Crippen LogP contribution >= 0.6 is 0 Å². The molecular weight excluding hydrogens is 244 g/mol. The van der Waals surface area contributed by atoms with Crippen molar-refractivity contribution in [3.63, 3.8) is 0 Å². The lowest BCUT2D eigenvalue weighted by molar-refractivity contribution is -0.384. The molecule has 5 nitrogen and oxygen atoms in total. The van der Waals surface area contributed by atoms with E-state index in [2.05, 4.69) is 5.32 Å². The second-order valence-electron chi connectivity index (χ2n) is 5.73. The number of nitrogens with zero attached hydrogens (tertiary/aromatic N) is 1. The minimum atomic E-state index is -0.883. The van der Waals surface area contributed by atoms with Gasteiger partial charge in [-0.1, -0.05) is 19.9 Å². The molecule has 0 radical (unpaired) electrons. The van der Waals surface area contributed by atoms with Crippen molar-refractivity contribution in [1.82, 2.24) is 0 Å². The second kappa shape index (κ2) is 6.02. The Morgan fingerprint density at radius 1 is 1.47 bits per heavy atom. The smallest absolute Gasteiger partial charge is 0.292 e. The van der Waals surface area contributed by atoms with Gasteiger partial charge in [0.05, 0.1) is 10.5 Å². The van der Waals surface area contributed by atoms with Crippen LogP contribution in [0, 0.1) is 23.0 Å². The van der Waals surface area contributed by atoms with Gasteiger partial charge in [0, 0.05) is 12.6 Å². The Hall–Kier alpha value is -1.62. The summed E-state index contributed by atoms with van der Waals surface area (Å²) in [6, 6.07) is 4.91. The van der Waals surface area contributed by atoms with E-state index in [0.29, 0.717) is 18.0 Å². The van der Waals surface area contributed by atoms with Crippen LogP contribution in [0.15, 0.2) is 18.2 Å². The first-order chi connectivity index (χ1) is 8.71. The largest absolute Gasteiger partial charge is 0.388 e. The lowest BCUT2D eigenvalue weighted by Crippen LogP contribution is -2.35. The highest BCUT2D eigenvalue weighted by Crippen LogP contribution is 2.26. The van der Waals surface area contributed by atoms with E-state index >= 15 is 0 Å². The molecule has 19 heavy (non-hydrogen) atoms. The average Bonchev–Trinajstić information content (AvgIpc) is 2.24. The molecule has 106 valence electrons. The van der Waals surface area contributed by atoms with Gasteiger partial charge in [-0.2, -0.15) is 0 Å². The fourth-order valence-corrected chi connectivity index (χ4v) is 2.19. The quantitative estimate of drug-likeness (QED) is 0.612. The van der Waals surface area contributed by atoms with Gasteiger partial charge < -0.3 is 10.4 Å². The predicted octanol–water partition coefficient (Wildman–Crippen LogP) is 3.11. The van der Waals surface area contributed by atoms with Gasteiger partial charge in [0.1, 0.15) is 5.69 Å². The molecule has 1 rings (SSSR count). The summed E-state index contributed by atoms with van der Waals surface area (Å²) < 4.78 is 0. The molecule has 0 saturated heterocycles. The number of nitrogens with one attached hydrogen (secondary N) is 1. The van der Waals surface area contributed by atoms with Gasteiger partial charge in [0.25, 0.3) is 5.69 Å². The number of aliphatic hydroxyl groups is 1. The zero-order valence-electron chi connectivity index (χ0n) is 11.9. The standard InChI is InChI=1S/C14H22N2O3/c1-10(2)8-14(4,17)9-15-12-7-11(3)5-6-13(12)16(18)19/h5-7,10,15,17H,8-9H2,1-4H3. The molecule has 0 aromatic heterocycles. The van der Waals surface area contributed by atoms with Crippen LogP contribution in [0.1, 0.15) is 32.8 Å². The fraction of sp³-hybridized carbons (Fsp3) is 0.571. The van der Waals surface area contributed by atoms with Crippen LogP contribution in [0.3, 0.4) is 0 Å². The second-order valence-corrected chi connectivity index (χ2v) is 5.73. The minimum absolute atomic E-state index is 0.0333. The number of anilines is 1. The van der Waals surface area contributed by atoms with Gasteiger partial charge in [0.2, 0.25) is 0 Å². The van der Waals surface area contributed by atoms with Crippen molar-refractivity contribution in [2.45, 2.75) is 39.7 Å². The Kier molecular flexibility index (Phi) is 4.89. The summed E-state index contributed by atoms with van der Waals surface area (Å²) in [7, 11) is 0. The Morgan fingerprint density at radius 3 is 2.63 bits per heavy atom. The van der Waals surface area contributed by atoms with Crippen molar-refractivity contribution in [3.05, 3.63) is 33.9 Å². The zero-order valence-corrected chi connectivity index (χ0v) is 11.9. The molecule has 1 atom stereocenters. The summed E-state index contributed by atoms with van der Waals surface area (Å²) in [5.74, 6) is 0.365. The van der Waals surface area contributed by atoms with E-state index in [4.69, 9.17) is 0 Å². The Bertz CT molecular complexity index is 456. The van der Waals surface area contributed by atoms with Crippen molar-refractivity contribution in [1.29, 1.82) is 0 Å². The molecule has 2 N–H and O–H groups in total. The fourth-order valence-electron chi connectivity index (χ4n) is 2.19. The van der Waals surface area contributed by atoms with E-state index in [1.165, 1.54) is 6.07 Å². The Balaban J connectivity index is 2.82. The first-order valence-electron chi connectivity index (χ1n) is 6.42. The molecule has 0 aliphatic carbocycles. The summed E-state index contributed by atoms with van der Waals surface area (Å²) >= 11 is 0. The van der Waals surface area contributed by atoms with Crippen molar-refractivity contribution >= 4 is 11.4 Å². The molecule has 0 heterocycles. The molecule has 5 heteroatoms. The molecule has 0 amide bonds. The van der Waals surface area contributed by atoms with Gasteiger partial charge in [-0.3, -0.25) is 10.1 Å². The minimum Gasteiger partial charge on any atom is -0.388 e. The lowest BCUT2D eigenvalue weighted by atomic mass is 9.94. The number of hydrogen-bond acceptors (Lipinski definition) is 4. The third-order valence-electron chi connectivity index (χ3n) is 2.86. The van der Waals surface area contributed by atoms with Crippen LogP contribution < -0.4 is 5.32 Å². The maximum Gasteiger partial charge on any atom is 0.292 e. The number of benzene rings is 1. The van der Waals surface area contributed by atoms with Gasteiger partial charge in [-0.15, -0.1) is 0 Å². The van der Waals surface area contributed by atoms with Crippen LogP contribution in [-0.2, 0) is 0 Å². The summed E-state index contributed by atoms with van der Waals surface area (Å²) in [6.45, 7) is 7.96. The first kappa shape index (κ1) is 15.4.